The number of thiocarbonyl (C=S) groups is 1. The van der Waals surface area contributed by atoms with Gasteiger partial charge in [-0.25, -0.2) is 0 Å². The molecule has 0 bridgehead atoms. The van der Waals surface area contributed by atoms with E-state index in [4.69, 9.17) is 12.2 Å². The van der Waals surface area contributed by atoms with E-state index in [9.17, 15) is 0 Å². The summed E-state index contributed by atoms with van der Waals surface area (Å²) in [6.07, 6.45) is 2.15. The van der Waals surface area contributed by atoms with Crippen molar-refractivity contribution in [3.8, 4) is 0 Å². The van der Waals surface area contributed by atoms with Crippen LogP contribution in [-0.2, 0) is 6.54 Å². The Morgan fingerprint density at radius 3 is 2.64 bits per heavy atom. The standard InChI is InChI=1S/C20H18BrN3S/c21-16-8-4-9-17(14-16)22-20(25)24-13-12-23-11-5-10-18(23)19(24)15-6-2-1-3-7-15/h1-11,14,19H,12-13H2,(H,22,25)/t19-/m1/s1. The van der Waals surface area contributed by atoms with Crippen LogP contribution in [-0.4, -0.2) is 21.1 Å². The van der Waals surface area contributed by atoms with Crippen LogP contribution in [0.3, 0.4) is 0 Å². The van der Waals surface area contributed by atoms with Crippen molar-refractivity contribution in [2.45, 2.75) is 12.6 Å². The number of aromatic nitrogens is 1. The molecule has 0 amide bonds. The summed E-state index contributed by atoms with van der Waals surface area (Å²) in [7, 11) is 0. The number of rotatable bonds is 2. The monoisotopic (exact) mass is 411 g/mol. The lowest BCUT2D eigenvalue weighted by atomic mass is 10.0. The lowest BCUT2D eigenvalue weighted by Crippen LogP contribution is -2.44. The summed E-state index contributed by atoms with van der Waals surface area (Å²) in [4.78, 5) is 2.28. The number of benzene rings is 2. The lowest BCUT2D eigenvalue weighted by Gasteiger charge is -2.39. The highest BCUT2D eigenvalue weighted by Gasteiger charge is 2.30. The molecule has 0 radical (unpaired) electrons. The van der Waals surface area contributed by atoms with Crippen molar-refractivity contribution >= 4 is 38.9 Å². The second-order valence-electron chi connectivity index (χ2n) is 6.07. The van der Waals surface area contributed by atoms with Gasteiger partial charge in [0.15, 0.2) is 5.11 Å². The molecule has 0 saturated heterocycles. The molecule has 0 aliphatic carbocycles. The number of nitrogens with one attached hydrogen (secondary N) is 1. The number of fused-ring (bicyclic) bond motifs is 1. The van der Waals surface area contributed by atoms with Gasteiger partial charge < -0.3 is 14.8 Å². The van der Waals surface area contributed by atoms with Crippen LogP contribution >= 0.6 is 28.1 Å². The fourth-order valence-electron chi connectivity index (χ4n) is 3.35. The summed E-state index contributed by atoms with van der Waals surface area (Å²) in [6, 6.07) is 23.1. The topological polar surface area (TPSA) is 20.2 Å². The Morgan fingerprint density at radius 1 is 1.00 bits per heavy atom. The molecule has 0 spiro atoms. The molecule has 1 atom stereocenters. The molecule has 1 aliphatic rings. The van der Waals surface area contributed by atoms with Crippen LogP contribution in [0.5, 0.6) is 0 Å². The van der Waals surface area contributed by atoms with Gasteiger partial charge in [0.25, 0.3) is 0 Å². The van der Waals surface area contributed by atoms with Crippen molar-refractivity contribution in [2.75, 3.05) is 11.9 Å². The number of anilines is 1. The summed E-state index contributed by atoms with van der Waals surface area (Å²) >= 11 is 9.28. The average Bonchev–Trinajstić information content (AvgIpc) is 3.10. The van der Waals surface area contributed by atoms with Crippen LogP contribution in [0.1, 0.15) is 17.3 Å². The Morgan fingerprint density at radius 2 is 1.84 bits per heavy atom. The Balaban J connectivity index is 1.66. The molecule has 3 nitrogen and oxygen atoms in total. The Labute approximate surface area is 161 Å². The van der Waals surface area contributed by atoms with E-state index in [1.54, 1.807) is 0 Å². The van der Waals surface area contributed by atoms with E-state index in [0.717, 1.165) is 28.4 Å². The van der Waals surface area contributed by atoms with Crippen LogP contribution in [0.25, 0.3) is 0 Å². The first kappa shape index (κ1) is 16.4. The van der Waals surface area contributed by atoms with Crippen molar-refractivity contribution < 1.29 is 0 Å². The molecule has 1 N–H and O–H groups in total. The molecule has 2 heterocycles. The number of nitrogens with zero attached hydrogens (tertiary/aromatic N) is 2. The average molecular weight is 412 g/mol. The SMILES string of the molecule is S=C(Nc1cccc(Br)c1)N1CCn2cccc2[C@H]1c1ccccc1. The first-order valence-corrected chi connectivity index (χ1v) is 9.46. The smallest absolute Gasteiger partial charge is 0.174 e. The summed E-state index contributed by atoms with van der Waals surface area (Å²) in [5.41, 5.74) is 3.52. The van der Waals surface area contributed by atoms with E-state index < -0.39 is 0 Å². The second kappa shape index (κ2) is 7.02. The van der Waals surface area contributed by atoms with Crippen molar-refractivity contribution in [1.82, 2.24) is 9.47 Å². The number of halogens is 1. The zero-order valence-corrected chi connectivity index (χ0v) is 16.0. The van der Waals surface area contributed by atoms with Crippen LogP contribution < -0.4 is 5.32 Å². The van der Waals surface area contributed by atoms with E-state index in [1.165, 1.54) is 11.3 Å². The molecule has 0 saturated carbocycles. The molecule has 4 rings (SSSR count). The van der Waals surface area contributed by atoms with Gasteiger partial charge in [-0.3, -0.25) is 0 Å². The first-order valence-electron chi connectivity index (χ1n) is 8.25. The molecule has 25 heavy (non-hydrogen) atoms. The van der Waals surface area contributed by atoms with Gasteiger partial charge in [0.1, 0.15) is 0 Å². The predicted molar refractivity (Wildman–Crippen MR) is 110 cm³/mol. The molecule has 2 aromatic carbocycles. The third kappa shape index (κ3) is 3.34. The van der Waals surface area contributed by atoms with Crippen molar-refractivity contribution in [3.05, 3.63) is 88.7 Å². The van der Waals surface area contributed by atoms with E-state index in [-0.39, 0.29) is 6.04 Å². The number of hydrogen-bond acceptors (Lipinski definition) is 1. The number of hydrogen-bond donors (Lipinski definition) is 1. The maximum Gasteiger partial charge on any atom is 0.174 e. The normalized spacial score (nSPS) is 16.4. The second-order valence-corrected chi connectivity index (χ2v) is 7.38. The van der Waals surface area contributed by atoms with Crippen molar-refractivity contribution in [3.63, 3.8) is 0 Å². The van der Waals surface area contributed by atoms with Gasteiger partial charge in [-0.1, -0.05) is 52.3 Å². The minimum Gasteiger partial charge on any atom is -0.348 e. The summed E-state index contributed by atoms with van der Waals surface area (Å²) in [5.74, 6) is 0. The minimum atomic E-state index is 0.122. The van der Waals surface area contributed by atoms with Crippen LogP contribution in [0.15, 0.2) is 77.4 Å². The maximum absolute atomic E-state index is 5.77. The Hall–Kier alpha value is -2.11. The maximum atomic E-state index is 5.77. The largest absolute Gasteiger partial charge is 0.348 e. The van der Waals surface area contributed by atoms with Crippen molar-refractivity contribution in [2.24, 2.45) is 0 Å². The highest BCUT2D eigenvalue weighted by atomic mass is 79.9. The minimum absolute atomic E-state index is 0.122. The van der Waals surface area contributed by atoms with Gasteiger partial charge >= 0.3 is 0 Å². The van der Waals surface area contributed by atoms with E-state index in [1.807, 2.05) is 30.3 Å². The van der Waals surface area contributed by atoms with Gasteiger partial charge in [0, 0.05) is 35.1 Å². The fraction of sp³-hybridized carbons (Fsp3) is 0.150. The quantitative estimate of drug-likeness (QED) is 0.595. The molecule has 1 aliphatic heterocycles. The fourth-order valence-corrected chi connectivity index (χ4v) is 4.06. The van der Waals surface area contributed by atoms with Gasteiger partial charge in [0.05, 0.1) is 6.04 Å². The van der Waals surface area contributed by atoms with Gasteiger partial charge in [0.2, 0.25) is 0 Å². The summed E-state index contributed by atoms with van der Waals surface area (Å²) < 4.78 is 3.35. The third-order valence-electron chi connectivity index (χ3n) is 4.49. The highest BCUT2D eigenvalue weighted by molar-refractivity contribution is 9.10. The molecule has 1 aromatic heterocycles. The molecule has 3 aromatic rings. The van der Waals surface area contributed by atoms with E-state index in [0.29, 0.717) is 0 Å². The molecular formula is C20H18BrN3S. The molecule has 126 valence electrons. The lowest BCUT2D eigenvalue weighted by molar-refractivity contribution is 0.293. The van der Waals surface area contributed by atoms with Crippen molar-refractivity contribution in [1.29, 1.82) is 0 Å². The zero-order chi connectivity index (χ0) is 17.2. The zero-order valence-electron chi connectivity index (χ0n) is 13.6. The Kier molecular flexibility index (Phi) is 4.59. The summed E-state index contributed by atoms with van der Waals surface area (Å²) in [6.45, 7) is 1.81. The summed E-state index contributed by atoms with van der Waals surface area (Å²) in [5, 5.41) is 4.14. The van der Waals surface area contributed by atoms with Crippen LogP contribution in [0.4, 0.5) is 5.69 Å². The molecule has 5 heteroatoms. The molecule has 0 unspecified atom stereocenters. The van der Waals surface area contributed by atoms with E-state index in [2.05, 4.69) is 73.3 Å². The van der Waals surface area contributed by atoms with Gasteiger partial charge in [-0.05, 0) is 48.1 Å². The van der Waals surface area contributed by atoms with Gasteiger partial charge in [-0.2, -0.15) is 0 Å². The van der Waals surface area contributed by atoms with Gasteiger partial charge in [-0.15, -0.1) is 0 Å². The van der Waals surface area contributed by atoms with E-state index >= 15 is 0 Å². The highest BCUT2D eigenvalue weighted by Crippen LogP contribution is 2.33. The first-order chi connectivity index (χ1) is 12.2. The Bertz CT molecular complexity index is 891. The third-order valence-corrected chi connectivity index (χ3v) is 5.32. The molecule has 0 fully saturated rings. The van der Waals surface area contributed by atoms with Crippen LogP contribution in [0.2, 0.25) is 0 Å². The molecular weight excluding hydrogens is 394 g/mol. The predicted octanol–water partition coefficient (Wildman–Crippen LogP) is 5.05. The van der Waals surface area contributed by atoms with Crippen LogP contribution in [0, 0.1) is 0 Å².